The van der Waals surface area contributed by atoms with Gasteiger partial charge in [-0.1, -0.05) is 11.6 Å². The fourth-order valence-corrected chi connectivity index (χ4v) is 3.59. The number of nitro groups is 1. The number of aromatic nitrogens is 1. The smallest absolute Gasteiger partial charge is 0.289 e. The Bertz CT molecular complexity index is 1100. The monoisotopic (exact) mass is 432 g/mol. The second-order valence-electron chi connectivity index (χ2n) is 6.62. The van der Waals surface area contributed by atoms with E-state index < -0.39 is 16.7 Å². The highest BCUT2D eigenvalue weighted by Crippen LogP contribution is 2.30. The van der Waals surface area contributed by atoms with Crippen LogP contribution in [-0.2, 0) is 9.59 Å². The van der Waals surface area contributed by atoms with E-state index in [-0.39, 0.29) is 21.4 Å². The van der Waals surface area contributed by atoms with Crippen molar-refractivity contribution < 1.29 is 14.5 Å². The standard InChI is InChI=1S/C19H17ClN4O4S/c1-10-7-12(8-14-17(25)21(3)19(29)22(4)18(14)26)11(2)23(10)13-5-6-15(20)16(9-13)24(27)28/h5-9H,1-4H3. The van der Waals surface area contributed by atoms with Crippen molar-refractivity contribution >= 4 is 52.5 Å². The molecule has 0 saturated carbocycles. The Morgan fingerprint density at radius 3 is 2.24 bits per heavy atom. The zero-order valence-electron chi connectivity index (χ0n) is 16.1. The molecule has 2 heterocycles. The van der Waals surface area contributed by atoms with E-state index in [1.54, 1.807) is 23.6 Å². The molecule has 3 rings (SSSR count). The molecule has 0 aliphatic carbocycles. The lowest BCUT2D eigenvalue weighted by molar-refractivity contribution is -0.384. The molecule has 0 N–H and O–H groups in total. The molecular weight excluding hydrogens is 416 g/mol. The minimum atomic E-state index is -0.545. The third-order valence-electron chi connectivity index (χ3n) is 4.80. The SMILES string of the molecule is Cc1cc(C=C2C(=O)N(C)C(=S)N(C)C2=O)c(C)n1-c1ccc(Cl)c([N+](=O)[O-])c1. The minimum absolute atomic E-state index is 0.00839. The fourth-order valence-electron chi connectivity index (χ4n) is 3.24. The van der Waals surface area contributed by atoms with Gasteiger partial charge in [0.1, 0.15) is 10.6 Å². The van der Waals surface area contributed by atoms with Crippen molar-refractivity contribution in [3.63, 3.8) is 0 Å². The molecule has 8 nitrogen and oxygen atoms in total. The Morgan fingerprint density at radius 2 is 1.69 bits per heavy atom. The lowest BCUT2D eigenvalue weighted by Gasteiger charge is -2.31. The van der Waals surface area contributed by atoms with Crippen LogP contribution >= 0.6 is 23.8 Å². The van der Waals surface area contributed by atoms with Gasteiger partial charge in [-0.2, -0.15) is 0 Å². The highest BCUT2D eigenvalue weighted by atomic mass is 35.5. The number of likely N-dealkylation sites (N-methyl/N-ethyl adjacent to an activating group) is 2. The quantitative estimate of drug-likeness (QED) is 0.244. The molecule has 0 atom stereocenters. The van der Waals surface area contributed by atoms with Gasteiger partial charge in [0.2, 0.25) is 0 Å². The number of benzene rings is 1. The van der Waals surface area contributed by atoms with Crippen LogP contribution in [0.3, 0.4) is 0 Å². The molecule has 2 amide bonds. The van der Waals surface area contributed by atoms with Crippen LogP contribution in [0.1, 0.15) is 17.0 Å². The maximum absolute atomic E-state index is 12.6. The normalized spacial score (nSPS) is 14.7. The van der Waals surface area contributed by atoms with Gasteiger partial charge in [-0.3, -0.25) is 29.5 Å². The summed E-state index contributed by atoms with van der Waals surface area (Å²) in [6.07, 6.45) is 1.52. The molecule has 2 aromatic rings. The Kier molecular flexibility index (Phi) is 5.29. The number of thiocarbonyl (C=S) groups is 1. The van der Waals surface area contributed by atoms with E-state index >= 15 is 0 Å². The second kappa shape index (κ2) is 7.41. The predicted molar refractivity (Wildman–Crippen MR) is 113 cm³/mol. The molecule has 0 unspecified atom stereocenters. The Labute approximate surface area is 177 Å². The number of aryl methyl sites for hydroxylation is 1. The first-order chi connectivity index (χ1) is 13.5. The first-order valence-electron chi connectivity index (χ1n) is 8.49. The zero-order valence-corrected chi connectivity index (χ0v) is 17.7. The molecule has 1 aromatic heterocycles. The van der Waals surface area contributed by atoms with Crippen LogP contribution in [0.4, 0.5) is 5.69 Å². The number of rotatable bonds is 3. The third-order valence-corrected chi connectivity index (χ3v) is 5.67. The molecule has 1 aliphatic heterocycles. The van der Waals surface area contributed by atoms with E-state index in [4.69, 9.17) is 23.8 Å². The Morgan fingerprint density at radius 1 is 1.10 bits per heavy atom. The summed E-state index contributed by atoms with van der Waals surface area (Å²) >= 11 is 11.0. The van der Waals surface area contributed by atoms with Crippen molar-refractivity contribution in [3.05, 3.63) is 61.9 Å². The molecule has 1 saturated heterocycles. The van der Waals surface area contributed by atoms with Crippen molar-refractivity contribution in [2.75, 3.05) is 14.1 Å². The summed E-state index contributed by atoms with van der Waals surface area (Å²) in [6.45, 7) is 3.63. The summed E-state index contributed by atoms with van der Waals surface area (Å²) in [7, 11) is 3.02. The van der Waals surface area contributed by atoms with E-state index in [1.165, 1.54) is 42.1 Å². The number of hydrogen-bond acceptors (Lipinski definition) is 5. The zero-order chi connectivity index (χ0) is 21.6. The maximum Gasteiger partial charge on any atom is 0.289 e. The van der Waals surface area contributed by atoms with Crippen LogP contribution in [0.2, 0.25) is 5.02 Å². The maximum atomic E-state index is 12.6. The lowest BCUT2D eigenvalue weighted by atomic mass is 10.1. The van der Waals surface area contributed by atoms with Gasteiger partial charge >= 0.3 is 0 Å². The molecular formula is C19H17ClN4O4S. The van der Waals surface area contributed by atoms with E-state index in [2.05, 4.69) is 0 Å². The first kappa shape index (κ1) is 20.7. The summed E-state index contributed by atoms with van der Waals surface area (Å²) in [5, 5.41) is 11.4. The molecule has 1 aliphatic rings. The van der Waals surface area contributed by atoms with Gasteiger partial charge in [-0.15, -0.1) is 0 Å². The van der Waals surface area contributed by atoms with E-state index in [1.807, 2.05) is 6.92 Å². The van der Waals surface area contributed by atoms with Crippen molar-refractivity contribution in [2.24, 2.45) is 0 Å². The molecule has 0 radical (unpaired) electrons. The van der Waals surface area contributed by atoms with Crippen LogP contribution in [0.5, 0.6) is 0 Å². The number of carbonyl (C=O) groups excluding carboxylic acids is 2. The molecule has 150 valence electrons. The van der Waals surface area contributed by atoms with E-state index in [0.29, 0.717) is 16.9 Å². The van der Waals surface area contributed by atoms with Crippen molar-refractivity contribution in [3.8, 4) is 5.69 Å². The molecule has 1 fully saturated rings. The van der Waals surface area contributed by atoms with Gasteiger partial charge in [-0.25, -0.2) is 0 Å². The van der Waals surface area contributed by atoms with Gasteiger partial charge in [0.05, 0.1) is 10.6 Å². The summed E-state index contributed by atoms with van der Waals surface area (Å²) in [4.78, 5) is 38.3. The number of nitro benzene ring substituents is 1. The summed E-state index contributed by atoms with van der Waals surface area (Å²) in [5.41, 5.74) is 2.48. The van der Waals surface area contributed by atoms with Gasteiger partial charge in [0.15, 0.2) is 5.11 Å². The first-order valence-corrected chi connectivity index (χ1v) is 9.28. The number of carbonyl (C=O) groups is 2. The number of hydrogen-bond donors (Lipinski definition) is 0. The van der Waals surface area contributed by atoms with Crippen LogP contribution in [0.25, 0.3) is 11.8 Å². The van der Waals surface area contributed by atoms with E-state index in [9.17, 15) is 19.7 Å². The molecule has 10 heteroatoms. The van der Waals surface area contributed by atoms with Gasteiger partial charge in [0.25, 0.3) is 17.5 Å². The van der Waals surface area contributed by atoms with Crippen molar-refractivity contribution in [1.82, 2.24) is 14.4 Å². The molecule has 1 aromatic carbocycles. The number of nitrogens with zero attached hydrogens (tertiary/aromatic N) is 4. The van der Waals surface area contributed by atoms with Crippen molar-refractivity contribution in [2.45, 2.75) is 13.8 Å². The largest absolute Gasteiger partial charge is 0.318 e. The van der Waals surface area contributed by atoms with Crippen LogP contribution < -0.4 is 0 Å². The molecule has 29 heavy (non-hydrogen) atoms. The van der Waals surface area contributed by atoms with Crippen LogP contribution in [0, 0.1) is 24.0 Å². The van der Waals surface area contributed by atoms with Gasteiger partial charge in [0, 0.05) is 31.5 Å². The average molecular weight is 433 g/mol. The van der Waals surface area contributed by atoms with Gasteiger partial charge in [-0.05, 0) is 55.9 Å². The summed E-state index contributed by atoms with van der Waals surface area (Å²) in [5.74, 6) is -0.963. The topological polar surface area (TPSA) is 88.7 Å². The van der Waals surface area contributed by atoms with Crippen molar-refractivity contribution in [1.29, 1.82) is 0 Å². The minimum Gasteiger partial charge on any atom is -0.318 e. The Hall–Kier alpha value is -3.04. The van der Waals surface area contributed by atoms with Crippen LogP contribution in [-0.4, -0.2) is 50.3 Å². The highest BCUT2D eigenvalue weighted by molar-refractivity contribution is 7.80. The fraction of sp³-hybridized carbons (Fsp3) is 0.211. The highest BCUT2D eigenvalue weighted by Gasteiger charge is 2.35. The third kappa shape index (κ3) is 3.43. The average Bonchev–Trinajstić information content (AvgIpc) is 2.95. The van der Waals surface area contributed by atoms with Crippen LogP contribution in [0.15, 0.2) is 29.8 Å². The lowest BCUT2D eigenvalue weighted by Crippen LogP contribution is -2.52. The summed E-state index contributed by atoms with van der Waals surface area (Å²) < 4.78 is 1.80. The van der Waals surface area contributed by atoms with Gasteiger partial charge < -0.3 is 4.57 Å². The number of amides is 2. The predicted octanol–water partition coefficient (Wildman–Crippen LogP) is 3.25. The second-order valence-corrected chi connectivity index (χ2v) is 7.40. The molecule has 0 bridgehead atoms. The van der Waals surface area contributed by atoms with E-state index in [0.717, 1.165) is 5.69 Å². The summed E-state index contributed by atoms with van der Waals surface area (Å²) in [6, 6.07) is 6.32. The molecule has 0 spiro atoms. The Balaban J connectivity index is 2.12. The number of halogens is 1.